The van der Waals surface area contributed by atoms with Crippen molar-refractivity contribution in [1.29, 1.82) is 0 Å². The van der Waals surface area contributed by atoms with Crippen LogP contribution in [0.4, 0.5) is 0 Å². The molecule has 0 spiro atoms. The van der Waals surface area contributed by atoms with Gasteiger partial charge < -0.3 is 9.32 Å². The fraction of sp³-hybridized carbons (Fsp3) is 0.400. The lowest BCUT2D eigenvalue weighted by Crippen LogP contribution is -2.28. The first-order valence-corrected chi connectivity index (χ1v) is 6.92. The normalized spacial score (nSPS) is 18.5. The molecule has 3 heterocycles. The highest BCUT2D eigenvalue weighted by Gasteiger charge is 2.36. The molecule has 1 aliphatic rings. The molecule has 6 heteroatoms. The van der Waals surface area contributed by atoms with Crippen LogP contribution in [0, 0.1) is 19.8 Å². The lowest BCUT2D eigenvalue weighted by molar-refractivity contribution is -0.128. The zero-order valence-electron chi connectivity index (χ0n) is 12.1. The molecule has 6 nitrogen and oxygen atoms in total. The number of rotatable bonds is 3. The van der Waals surface area contributed by atoms with Gasteiger partial charge in [-0.3, -0.25) is 9.59 Å². The van der Waals surface area contributed by atoms with Gasteiger partial charge in [-0.1, -0.05) is 0 Å². The summed E-state index contributed by atoms with van der Waals surface area (Å²) in [6.45, 7) is 4.51. The number of aromatic nitrogens is 2. The minimum absolute atomic E-state index is 0.0220. The molecular formula is C15H17N3O3. The Morgan fingerprint density at radius 2 is 2.29 bits per heavy atom. The van der Waals surface area contributed by atoms with E-state index >= 15 is 0 Å². The minimum Gasteiger partial charge on any atom is -0.467 e. The van der Waals surface area contributed by atoms with Crippen molar-refractivity contribution in [2.24, 2.45) is 5.92 Å². The topological polar surface area (TPSA) is 68.3 Å². The van der Waals surface area contributed by atoms with E-state index in [-0.39, 0.29) is 24.2 Å². The van der Waals surface area contributed by atoms with Gasteiger partial charge in [0.25, 0.3) is 5.91 Å². The van der Waals surface area contributed by atoms with Crippen LogP contribution in [0.5, 0.6) is 0 Å². The molecule has 0 aromatic carbocycles. The van der Waals surface area contributed by atoms with Gasteiger partial charge in [0.15, 0.2) is 0 Å². The monoisotopic (exact) mass is 287 g/mol. The lowest BCUT2D eigenvalue weighted by atomic mass is 10.1. The summed E-state index contributed by atoms with van der Waals surface area (Å²) in [4.78, 5) is 26.2. The number of aryl methyl sites for hydroxylation is 2. The van der Waals surface area contributed by atoms with Crippen LogP contribution in [-0.2, 0) is 11.3 Å². The number of carbonyl (C=O) groups is 2. The Labute approximate surface area is 122 Å². The largest absolute Gasteiger partial charge is 0.467 e. The van der Waals surface area contributed by atoms with E-state index in [0.717, 1.165) is 17.1 Å². The van der Waals surface area contributed by atoms with Crippen LogP contribution >= 0.6 is 0 Å². The smallest absolute Gasteiger partial charge is 0.252 e. The molecule has 0 bridgehead atoms. The average Bonchev–Trinajstić information content (AvgIpc) is 3.12. The summed E-state index contributed by atoms with van der Waals surface area (Å²) in [6, 6.07) is 5.47. The van der Waals surface area contributed by atoms with E-state index in [9.17, 15) is 9.59 Å². The molecule has 21 heavy (non-hydrogen) atoms. The highest BCUT2D eigenvalue weighted by molar-refractivity contribution is 5.90. The van der Waals surface area contributed by atoms with E-state index in [2.05, 4.69) is 5.10 Å². The zero-order valence-corrected chi connectivity index (χ0v) is 12.1. The first-order chi connectivity index (χ1) is 10.0. The van der Waals surface area contributed by atoms with Crippen LogP contribution < -0.4 is 0 Å². The van der Waals surface area contributed by atoms with E-state index < -0.39 is 0 Å². The summed E-state index contributed by atoms with van der Waals surface area (Å²) in [6.07, 6.45) is 1.81. The summed E-state index contributed by atoms with van der Waals surface area (Å²) < 4.78 is 6.66. The SMILES string of the molecule is Cc1cc(C)n(C(=O)C2CC(=O)N(Cc3ccco3)C2)n1. The highest BCUT2D eigenvalue weighted by Crippen LogP contribution is 2.22. The van der Waals surface area contributed by atoms with Gasteiger partial charge in [0.05, 0.1) is 24.4 Å². The third-order valence-electron chi connectivity index (χ3n) is 3.71. The van der Waals surface area contributed by atoms with Crippen LogP contribution in [0.25, 0.3) is 0 Å². The summed E-state index contributed by atoms with van der Waals surface area (Å²) >= 11 is 0. The van der Waals surface area contributed by atoms with Crippen LogP contribution in [0.15, 0.2) is 28.9 Å². The predicted molar refractivity (Wildman–Crippen MR) is 74.6 cm³/mol. The molecule has 0 radical (unpaired) electrons. The van der Waals surface area contributed by atoms with Gasteiger partial charge in [0.2, 0.25) is 5.91 Å². The van der Waals surface area contributed by atoms with Gasteiger partial charge in [0.1, 0.15) is 5.76 Å². The van der Waals surface area contributed by atoms with Gasteiger partial charge in [-0.25, -0.2) is 4.68 Å². The molecule has 1 unspecified atom stereocenters. The van der Waals surface area contributed by atoms with Crippen molar-refractivity contribution in [1.82, 2.24) is 14.7 Å². The minimum atomic E-state index is -0.342. The third-order valence-corrected chi connectivity index (χ3v) is 3.71. The van der Waals surface area contributed by atoms with E-state index in [1.165, 1.54) is 4.68 Å². The average molecular weight is 287 g/mol. The van der Waals surface area contributed by atoms with Gasteiger partial charge in [-0.2, -0.15) is 5.10 Å². The Kier molecular flexibility index (Phi) is 3.37. The Hall–Kier alpha value is -2.37. The first-order valence-electron chi connectivity index (χ1n) is 6.92. The zero-order chi connectivity index (χ0) is 15.0. The maximum atomic E-state index is 12.5. The molecular weight excluding hydrogens is 270 g/mol. The molecule has 0 saturated carbocycles. The van der Waals surface area contributed by atoms with Gasteiger partial charge in [-0.05, 0) is 32.0 Å². The number of hydrogen-bond acceptors (Lipinski definition) is 4. The Morgan fingerprint density at radius 3 is 2.90 bits per heavy atom. The van der Waals surface area contributed by atoms with Crippen molar-refractivity contribution in [2.75, 3.05) is 6.54 Å². The number of furan rings is 1. The lowest BCUT2D eigenvalue weighted by Gasteiger charge is -2.14. The van der Waals surface area contributed by atoms with E-state index in [4.69, 9.17) is 4.42 Å². The van der Waals surface area contributed by atoms with E-state index in [1.807, 2.05) is 26.0 Å². The van der Waals surface area contributed by atoms with E-state index in [1.54, 1.807) is 17.2 Å². The van der Waals surface area contributed by atoms with Crippen molar-refractivity contribution in [3.05, 3.63) is 41.6 Å². The fourth-order valence-corrected chi connectivity index (χ4v) is 2.71. The summed E-state index contributed by atoms with van der Waals surface area (Å²) in [7, 11) is 0. The van der Waals surface area contributed by atoms with Crippen LogP contribution in [-0.4, -0.2) is 33.0 Å². The van der Waals surface area contributed by atoms with Crippen molar-refractivity contribution in [3.63, 3.8) is 0 Å². The third kappa shape index (κ3) is 2.61. The van der Waals surface area contributed by atoms with Crippen molar-refractivity contribution >= 4 is 11.8 Å². The Balaban J connectivity index is 1.72. The molecule has 110 valence electrons. The summed E-state index contributed by atoms with van der Waals surface area (Å²) in [5, 5.41) is 4.20. The molecule has 1 fully saturated rings. The Morgan fingerprint density at radius 1 is 1.48 bits per heavy atom. The second kappa shape index (κ2) is 5.20. The molecule has 3 rings (SSSR count). The highest BCUT2D eigenvalue weighted by atomic mass is 16.3. The number of carbonyl (C=O) groups excluding carboxylic acids is 2. The molecule has 1 saturated heterocycles. The number of nitrogens with zero attached hydrogens (tertiary/aromatic N) is 3. The van der Waals surface area contributed by atoms with Gasteiger partial charge in [-0.15, -0.1) is 0 Å². The molecule has 0 N–H and O–H groups in total. The Bertz CT molecular complexity index is 672. The number of amides is 1. The van der Waals surface area contributed by atoms with Crippen molar-refractivity contribution in [3.8, 4) is 0 Å². The van der Waals surface area contributed by atoms with Crippen LogP contribution in [0.2, 0.25) is 0 Å². The molecule has 1 amide bonds. The number of likely N-dealkylation sites (tertiary alicyclic amines) is 1. The molecule has 2 aromatic heterocycles. The maximum Gasteiger partial charge on any atom is 0.252 e. The molecule has 0 aliphatic carbocycles. The fourth-order valence-electron chi connectivity index (χ4n) is 2.71. The predicted octanol–water partition coefficient (Wildman–Crippen LogP) is 1.78. The van der Waals surface area contributed by atoms with Gasteiger partial charge in [0, 0.05) is 18.7 Å². The second-order valence-corrected chi connectivity index (χ2v) is 5.43. The summed E-state index contributed by atoms with van der Waals surface area (Å²) in [5.74, 6) is 0.246. The molecule has 1 aliphatic heterocycles. The quantitative estimate of drug-likeness (QED) is 0.863. The van der Waals surface area contributed by atoms with Crippen molar-refractivity contribution in [2.45, 2.75) is 26.8 Å². The van der Waals surface area contributed by atoms with Crippen molar-refractivity contribution < 1.29 is 14.0 Å². The van der Waals surface area contributed by atoms with E-state index in [0.29, 0.717) is 13.1 Å². The number of hydrogen-bond donors (Lipinski definition) is 0. The van der Waals surface area contributed by atoms with Gasteiger partial charge >= 0.3 is 0 Å². The first kappa shape index (κ1) is 13.6. The molecule has 1 atom stereocenters. The second-order valence-electron chi connectivity index (χ2n) is 5.43. The standard InChI is InChI=1S/C15H17N3O3/c1-10-6-11(2)18(16-10)15(20)12-7-14(19)17(8-12)9-13-4-3-5-21-13/h3-6,12H,7-9H2,1-2H3. The van der Waals surface area contributed by atoms with Crippen LogP contribution in [0.1, 0.15) is 28.4 Å². The molecule has 2 aromatic rings. The summed E-state index contributed by atoms with van der Waals surface area (Å²) in [5.41, 5.74) is 1.60. The van der Waals surface area contributed by atoms with Crippen LogP contribution in [0.3, 0.4) is 0 Å². The maximum absolute atomic E-state index is 12.5.